The molecule has 0 saturated heterocycles. The molecular weight excluding hydrogens is 394 g/mol. The summed E-state index contributed by atoms with van der Waals surface area (Å²) in [6.07, 6.45) is 2.46. The fraction of sp³-hybridized carbons (Fsp3) is 0.250. The van der Waals surface area contributed by atoms with E-state index in [-0.39, 0.29) is 6.04 Å². The van der Waals surface area contributed by atoms with Gasteiger partial charge in [-0.05, 0) is 49.7 Å². The molecule has 1 atom stereocenters. The summed E-state index contributed by atoms with van der Waals surface area (Å²) >= 11 is 2.98. The smallest absolute Gasteiger partial charge is 0.340 e. The van der Waals surface area contributed by atoms with Crippen LogP contribution in [0, 0.1) is 0 Å². The van der Waals surface area contributed by atoms with Gasteiger partial charge in [-0.3, -0.25) is 4.79 Å². The number of ether oxygens (including phenoxy) is 1. The molecular formula is C20H21N3O3S2. The summed E-state index contributed by atoms with van der Waals surface area (Å²) in [5.41, 5.74) is 0.435. The summed E-state index contributed by atoms with van der Waals surface area (Å²) in [6.45, 7) is 5.49. The zero-order valence-electron chi connectivity index (χ0n) is 15.8. The number of esters is 1. The molecule has 0 spiro atoms. The van der Waals surface area contributed by atoms with E-state index < -0.39 is 18.0 Å². The number of aromatic nitrogens is 2. The normalized spacial score (nSPS) is 12.8. The SMILES string of the molecule is CC(C)n1nccc1NC(=O)[C@@H](C)OC(=O)/C(=C/c1cccs1)c1cccs1. The molecule has 1 N–H and O–H groups in total. The van der Waals surface area contributed by atoms with E-state index in [0.29, 0.717) is 11.4 Å². The van der Waals surface area contributed by atoms with Gasteiger partial charge in [0.2, 0.25) is 0 Å². The van der Waals surface area contributed by atoms with Gasteiger partial charge in [0, 0.05) is 21.9 Å². The van der Waals surface area contributed by atoms with Crippen molar-refractivity contribution in [3.8, 4) is 0 Å². The molecule has 3 aromatic rings. The minimum absolute atomic E-state index is 0.0994. The topological polar surface area (TPSA) is 73.2 Å². The first-order valence-electron chi connectivity index (χ1n) is 8.80. The first-order chi connectivity index (χ1) is 13.5. The van der Waals surface area contributed by atoms with Crippen LogP contribution in [0.15, 0.2) is 47.3 Å². The number of thiophene rings is 2. The Morgan fingerprint density at radius 1 is 1.14 bits per heavy atom. The lowest BCUT2D eigenvalue weighted by Gasteiger charge is -2.16. The number of hydrogen-bond acceptors (Lipinski definition) is 6. The van der Waals surface area contributed by atoms with Crippen LogP contribution >= 0.6 is 22.7 Å². The average Bonchev–Trinajstić information content (AvgIpc) is 3.41. The third kappa shape index (κ3) is 4.76. The first kappa shape index (κ1) is 20.0. The number of nitrogens with zero attached hydrogens (tertiary/aromatic N) is 2. The van der Waals surface area contributed by atoms with Gasteiger partial charge >= 0.3 is 5.97 Å². The number of hydrogen-bond donors (Lipinski definition) is 1. The highest BCUT2D eigenvalue weighted by Gasteiger charge is 2.23. The molecule has 0 aromatic carbocycles. The Bertz CT molecular complexity index is 957. The molecule has 0 aliphatic heterocycles. The molecule has 0 radical (unpaired) electrons. The largest absolute Gasteiger partial charge is 0.449 e. The van der Waals surface area contributed by atoms with Crippen LogP contribution in [0.5, 0.6) is 0 Å². The van der Waals surface area contributed by atoms with Crippen molar-refractivity contribution in [2.24, 2.45) is 0 Å². The van der Waals surface area contributed by atoms with E-state index in [1.54, 1.807) is 29.9 Å². The van der Waals surface area contributed by atoms with Crippen molar-refractivity contribution in [3.63, 3.8) is 0 Å². The molecule has 0 aliphatic carbocycles. The highest BCUT2D eigenvalue weighted by atomic mass is 32.1. The fourth-order valence-corrected chi connectivity index (χ4v) is 3.90. The number of rotatable bonds is 7. The molecule has 28 heavy (non-hydrogen) atoms. The van der Waals surface area contributed by atoms with Crippen molar-refractivity contribution in [3.05, 3.63) is 57.0 Å². The standard InChI is InChI=1S/C20H21N3O3S2/c1-13(2)23-18(8-9-21-23)22-19(24)14(3)26-20(25)16(17-7-5-11-28-17)12-15-6-4-10-27-15/h4-14H,1-3H3,(H,22,24)/b16-12+/t14-/m1/s1. The van der Waals surface area contributed by atoms with Crippen molar-refractivity contribution >= 4 is 52.0 Å². The van der Waals surface area contributed by atoms with E-state index in [1.165, 1.54) is 22.7 Å². The van der Waals surface area contributed by atoms with Crippen LogP contribution in [-0.4, -0.2) is 27.8 Å². The molecule has 3 aromatic heterocycles. The van der Waals surface area contributed by atoms with E-state index in [9.17, 15) is 9.59 Å². The summed E-state index contributed by atoms with van der Waals surface area (Å²) in [5.74, 6) is -0.372. The molecule has 8 heteroatoms. The molecule has 3 heterocycles. The molecule has 0 bridgehead atoms. The Morgan fingerprint density at radius 3 is 2.54 bits per heavy atom. The van der Waals surface area contributed by atoms with Gasteiger partial charge in [-0.1, -0.05) is 12.1 Å². The van der Waals surface area contributed by atoms with Gasteiger partial charge in [0.15, 0.2) is 6.10 Å². The Morgan fingerprint density at radius 2 is 1.89 bits per heavy atom. The van der Waals surface area contributed by atoms with E-state index in [0.717, 1.165) is 9.75 Å². The van der Waals surface area contributed by atoms with Crippen LogP contribution in [0.1, 0.15) is 36.6 Å². The van der Waals surface area contributed by atoms with Crippen LogP contribution in [-0.2, 0) is 14.3 Å². The average molecular weight is 416 g/mol. The zero-order chi connectivity index (χ0) is 20.1. The molecule has 3 rings (SSSR count). The second-order valence-electron chi connectivity index (χ2n) is 6.34. The summed E-state index contributed by atoms with van der Waals surface area (Å²) < 4.78 is 7.15. The number of nitrogens with one attached hydrogen (secondary N) is 1. The molecule has 0 fully saturated rings. The molecule has 0 saturated carbocycles. The maximum Gasteiger partial charge on any atom is 0.340 e. The van der Waals surface area contributed by atoms with Crippen LogP contribution < -0.4 is 5.32 Å². The van der Waals surface area contributed by atoms with Gasteiger partial charge in [0.1, 0.15) is 5.82 Å². The van der Waals surface area contributed by atoms with E-state index >= 15 is 0 Å². The number of anilines is 1. The predicted molar refractivity (Wildman–Crippen MR) is 113 cm³/mol. The van der Waals surface area contributed by atoms with Gasteiger partial charge in [0.05, 0.1) is 11.8 Å². The Labute approximate surface area is 171 Å². The van der Waals surface area contributed by atoms with E-state index in [2.05, 4.69) is 10.4 Å². The van der Waals surface area contributed by atoms with Gasteiger partial charge in [0.25, 0.3) is 5.91 Å². The van der Waals surface area contributed by atoms with Crippen LogP contribution in [0.4, 0.5) is 5.82 Å². The van der Waals surface area contributed by atoms with Gasteiger partial charge in [-0.25, -0.2) is 9.48 Å². The second-order valence-corrected chi connectivity index (χ2v) is 8.27. The van der Waals surface area contributed by atoms with Crippen molar-refractivity contribution in [2.75, 3.05) is 5.32 Å². The van der Waals surface area contributed by atoms with Gasteiger partial charge < -0.3 is 10.1 Å². The Balaban J connectivity index is 1.72. The monoisotopic (exact) mass is 415 g/mol. The Hall–Kier alpha value is -2.71. The first-order valence-corrected chi connectivity index (χ1v) is 10.6. The fourth-order valence-electron chi connectivity index (χ4n) is 2.51. The van der Waals surface area contributed by atoms with Crippen molar-refractivity contribution in [1.82, 2.24) is 9.78 Å². The summed E-state index contributed by atoms with van der Waals surface area (Å²) in [4.78, 5) is 27.0. The number of carbonyl (C=O) groups is 2. The highest BCUT2D eigenvalue weighted by Crippen LogP contribution is 2.26. The quantitative estimate of drug-likeness (QED) is 0.448. The van der Waals surface area contributed by atoms with Crippen molar-refractivity contribution in [1.29, 1.82) is 0 Å². The molecule has 146 valence electrons. The Kier molecular flexibility index (Phi) is 6.43. The lowest BCUT2D eigenvalue weighted by molar-refractivity contribution is -0.147. The summed E-state index contributed by atoms with van der Waals surface area (Å²) in [7, 11) is 0. The van der Waals surface area contributed by atoms with Crippen LogP contribution in [0.25, 0.3) is 11.6 Å². The number of amides is 1. The van der Waals surface area contributed by atoms with Crippen molar-refractivity contribution in [2.45, 2.75) is 32.9 Å². The minimum atomic E-state index is -0.949. The maximum absolute atomic E-state index is 12.8. The maximum atomic E-state index is 12.8. The third-order valence-corrected chi connectivity index (χ3v) is 5.62. The molecule has 1 amide bonds. The summed E-state index contributed by atoms with van der Waals surface area (Å²) in [6, 6.07) is 9.38. The van der Waals surface area contributed by atoms with Gasteiger partial charge in [-0.15, -0.1) is 22.7 Å². The highest BCUT2D eigenvalue weighted by molar-refractivity contribution is 7.12. The van der Waals surface area contributed by atoms with Crippen molar-refractivity contribution < 1.29 is 14.3 Å². The lowest BCUT2D eigenvalue weighted by Crippen LogP contribution is -2.31. The van der Waals surface area contributed by atoms with E-state index in [4.69, 9.17) is 4.74 Å². The number of carbonyl (C=O) groups excluding carboxylic acids is 2. The third-order valence-electron chi connectivity index (χ3n) is 3.90. The lowest BCUT2D eigenvalue weighted by atomic mass is 10.2. The van der Waals surface area contributed by atoms with Crippen LogP contribution in [0.2, 0.25) is 0 Å². The second kappa shape index (κ2) is 8.99. The minimum Gasteiger partial charge on any atom is -0.449 e. The van der Waals surface area contributed by atoms with Crippen LogP contribution in [0.3, 0.4) is 0 Å². The van der Waals surface area contributed by atoms with E-state index in [1.807, 2.05) is 48.9 Å². The van der Waals surface area contributed by atoms with Gasteiger partial charge in [-0.2, -0.15) is 5.10 Å². The molecule has 0 aliphatic rings. The zero-order valence-corrected chi connectivity index (χ0v) is 17.4. The molecule has 6 nitrogen and oxygen atoms in total. The molecule has 0 unspecified atom stereocenters. The predicted octanol–water partition coefficient (Wildman–Crippen LogP) is 4.70. The summed E-state index contributed by atoms with van der Waals surface area (Å²) in [5, 5.41) is 10.8.